The molecule has 3 amide bonds. The van der Waals surface area contributed by atoms with E-state index in [4.69, 9.17) is 21.2 Å². The van der Waals surface area contributed by atoms with Gasteiger partial charge in [-0.1, -0.05) is 11.6 Å². The normalized spacial score (nSPS) is 20.1. The molecule has 3 heterocycles. The molecule has 2 unspecified atom stereocenters. The van der Waals surface area contributed by atoms with Crippen LogP contribution < -0.4 is 5.32 Å². The molecule has 0 spiro atoms. The topological polar surface area (TPSA) is 88.9 Å². The minimum atomic E-state index is -2.63. The van der Waals surface area contributed by atoms with Crippen molar-refractivity contribution >= 4 is 29.2 Å². The summed E-state index contributed by atoms with van der Waals surface area (Å²) in [4.78, 5) is 32.9. The summed E-state index contributed by atoms with van der Waals surface area (Å²) in [5.74, 6) is -2.47. The van der Waals surface area contributed by atoms with Crippen LogP contribution in [0.1, 0.15) is 28.7 Å². The van der Waals surface area contributed by atoms with E-state index >= 15 is 0 Å². The van der Waals surface area contributed by atoms with Crippen molar-refractivity contribution in [2.75, 3.05) is 25.6 Å². The molecular weight excluding hydrogens is 498 g/mol. The molecule has 0 fully saturated rings. The van der Waals surface area contributed by atoms with Crippen molar-refractivity contribution in [1.29, 1.82) is 0 Å². The van der Waals surface area contributed by atoms with Crippen LogP contribution in [-0.2, 0) is 29.1 Å². The highest BCUT2D eigenvalue weighted by atomic mass is 35.5. The largest absolute Gasteiger partial charge is 0.373 e. The molecule has 2 atom stereocenters. The van der Waals surface area contributed by atoms with E-state index in [2.05, 4.69) is 10.4 Å². The number of aromatic nitrogens is 2. The molecule has 14 heteroatoms. The van der Waals surface area contributed by atoms with E-state index in [1.165, 1.54) is 16.6 Å². The predicted molar refractivity (Wildman–Crippen MR) is 115 cm³/mol. The molecule has 9 nitrogen and oxygen atoms in total. The lowest BCUT2D eigenvalue weighted by Gasteiger charge is -2.33. The lowest BCUT2D eigenvalue weighted by molar-refractivity contribution is -0.169. The Balaban J connectivity index is 1.56. The third kappa shape index (κ3) is 5.21. The van der Waals surface area contributed by atoms with E-state index < -0.39 is 42.7 Å². The highest BCUT2D eigenvalue weighted by Gasteiger charge is 2.37. The second-order valence-electron chi connectivity index (χ2n) is 8.27. The number of halogens is 5. The molecule has 0 radical (unpaired) electrons. The molecule has 1 aromatic carbocycles. The van der Waals surface area contributed by atoms with Crippen LogP contribution in [-0.4, -0.2) is 70.5 Å². The van der Waals surface area contributed by atoms with Crippen molar-refractivity contribution < 1.29 is 36.7 Å². The van der Waals surface area contributed by atoms with Gasteiger partial charge in [0.25, 0.3) is 12.3 Å². The number of rotatable bonds is 5. The quantitative estimate of drug-likeness (QED) is 0.483. The van der Waals surface area contributed by atoms with Crippen LogP contribution in [0.2, 0.25) is 5.02 Å². The number of alkyl halides is 2. The van der Waals surface area contributed by atoms with Gasteiger partial charge in [-0.2, -0.15) is 5.10 Å². The molecular formula is C21H22ClF4N5O4. The minimum Gasteiger partial charge on any atom is -0.373 e. The maximum Gasteiger partial charge on any atom is 0.322 e. The molecule has 190 valence electrons. The van der Waals surface area contributed by atoms with Gasteiger partial charge >= 0.3 is 6.03 Å². The molecule has 2 aliphatic heterocycles. The van der Waals surface area contributed by atoms with E-state index in [1.54, 1.807) is 6.92 Å². The Morgan fingerprint density at radius 3 is 2.80 bits per heavy atom. The van der Waals surface area contributed by atoms with Crippen LogP contribution in [0.3, 0.4) is 0 Å². The Morgan fingerprint density at radius 1 is 1.34 bits per heavy atom. The summed E-state index contributed by atoms with van der Waals surface area (Å²) >= 11 is 5.70. The SMILES string of the molecule is CC1Cc2nn3c(c2CN1C(=O)Nc1cc(Cl)c(F)cc1F)C(=O)N(C)OC(COCC(F)F)C3. The number of urea groups is 1. The predicted octanol–water partition coefficient (Wildman–Crippen LogP) is 3.46. The second kappa shape index (κ2) is 9.99. The number of ether oxygens (including phenoxy) is 1. The number of benzene rings is 1. The van der Waals surface area contributed by atoms with Crippen molar-refractivity contribution in [3.05, 3.63) is 45.7 Å². The van der Waals surface area contributed by atoms with Gasteiger partial charge in [-0.15, -0.1) is 0 Å². The maximum atomic E-state index is 14.1. The standard InChI is InChI=1S/C21H22ClF4N5O4/c1-10-3-16-12(7-30(10)21(33)27-17-4-13(22)14(23)5-15(17)24)19-20(32)29(2)35-11(6-31(19)28-16)8-34-9-18(25)26/h4-5,10-11,18H,3,6-9H2,1-2H3,(H,27,33). The fourth-order valence-electron chi connectivity index (χ4n) is 4.06. The molecule has 1 aromatic heterocycles. The van der Waals surface area contributed by atoms with Crippen LogP contribution in [0, 0.1) is 11.6 Å². The highest BCUT2D eigenvalue weighted by molar-refractivity contribution is 6.31. The first-order chi connectivity index (χ1) is 16.5. The highest BCUT2D eigenvalue weighted by Crippen LogP contribution is 2.30. The molecule has 0 saturated heterocycles. The van der Waals surface area contributed by atoms with Crippen molar-refractivity contribution in [3.63, 3.8) is 0 Å². The summed E-state index contributed by atoms with van der Waals surface area (Å²) in [6, 6.07) is 0.509. The number of carbonyl (C=O) groups excluding carboxylic acids is 2. The molecule has 0 saturated carbocycles. The fraction of sp³-hybridized carbons (Fsp3) is 0.476. The average molecular weight is 520 g/mol. The second-order valence-corrected chi connectivity index (χ2v) is 8.68. The van der Waals surface area contributed by atoms with E-state index in [-0.39, 0.29) is 42.1 Å². The van der Waals surface area contributed by atoms with Gasteiger partial charge in [-0.05, 0) is 13.0 Å². The van der Waals surface area contributed by atoms with Crippen molar-refractivity contribution in [2.24, 2.45) is 0 Å². The van der Waals surface area contributed by atoms with Gasteiger partial charge in [-0.25, -0.2) is 27.4 Å². The molecule has 0 aliphatic carbocycles. The van der Waals surface area contributed by atoms with Gasteiger partial charge in [0.2, 0.25) is 0 Å². The van der Waals surface area contributed by atoms with Gasteiger partial charge in [-0.3, -0.25) is 14.3 Å². The van der Waals surface area contributed by atoms with Gasteiger partial charge < -0.3 is 15.0 Å². The number of fused-ring (bicyclic) bond motifs is 3. The van der Waals surface area contributed by atoms with Gasteiger partial charge in [0.1, 0.15) is 30.0 Å². The Hall–Kier alpha value is -2.90. The van der Waals surface area contributed by atoms with Crippen molar-refractivity contribution in [3.8, 4) is 0 Å². The zero-order valence-electron chi connectivity index (χ0n) is 18.7. The lowest BCUT2D eigenvalue weighted by atomic mass is 9.99. The summed E-state index contributed by atoms with van der Waals surface area (Å²) in [5, 5.41) is 7.52. The zero-order valence-corrected chi connectivity index (χ0v) is 19.5. The number of carbonyl (C=O) groups is 2. The first-order valence-electron chi connectivity index (χ1n) is 10.7. The third-order valence-corrected chi connectivity index (χ3v) is 6.01. The Bertz CT molecular complexity index is 1150. The Labute approximate surface area is 202 Å². The van der Waals surface area contributed by atoms with E-state index in [1.807, 2.05) is 0 Å². The number of hydrogen-bond donors (Lipinski definition) is 1. The lowest BCUT2D eigenvalue weighted by Crippen LogP contribution is -2.45. The van der Waals surface area contributed by atoms with Gasteiger partial charge in [0, 0.05) is 31.1 Å². The number of hydroxylamine groups is 2. The van der Waals surface area contributed by atoms with Crippen LogP contribution in [0.15, 0.2) is 12.1 Å². The number of anilines is 1. The number of amides is 3. The Morgan fingerprint density at radius 2 is 2.09 bits per heavy atom. The summed E-state index contributed by atoms with van der Waals surface area (Å²) in [6.45, 7) is 0.880. The van der Waals surface area contributed by atoms with Gasteiger partial charge in [0.15, 0.2) is 0 Å². The van der Waals surface area contributed by atoms with Crippen LogP contribution in [0.4, 0.5) is 28.0 Å². The number of nitrogens with zero attached hydrogens (tertiary/aromatic N) is 4. The summed E-state index contributed by atoms with van der Waals surface area (Å²) in [7, 11) is 1.38. The van der Waals surface area contributed by atoms with E-state index in [0.717, 1.165) is 11.1 Å². The summed E-state index contributed by atoms with van der Waals surface area (Å²) < 4.78 is 58.8. The average Bonchev–Trinajstić information content (AvgIpc) is 3.06. The van der Waals surface area contributed by atoms with Crippen LogP contribution >= 0.6 is 11.6 Å². The first kappa shape index (κ1) is 25.2. The minimum absolute atomic E-state index is 0.0135. The molecule has 4 rings (SSSR count). The molecule has 1 N–H and O–H groups in total. The smallest absolute Gasteiger partial charge is 0.322 e. The van der Waals surface area contributed by atoms with E-state index in [9.17, 15) is 27.2 Å². The van der Waals surface area contributed by atoms with Crippen LogP contribution in [0.5, 0.6) is 0 Å². The zero-order chi connectivity index (χ0) is 25.4. The Kier molecular flexibility index (Phi) is 7.20. The summed E-state index contributed by atoms with van der Waals surface area (Å²) in [5.41, 5.74) is 0.998. The fourth-order valence-corrected chi connectivity index (χ4v) is 4.23. The monoisotopic (exact) mass is 519 g/mol. The van der Waals surface area contributed by atoms with Crippen molar-refractivity contribution in [2.45, 2.75) is 45.0 Å². The molecule has 2 aliphatic rings. The number of nitrogens with one attached hydrogen (secondary N) is 1. The number of hydrogen-bond acceptors (Lipinski definition) is 5. The van der Waals surface area contributed by atoms with Crippen molar-refractivity contribution in [1.82, 2.24) is 19.7 Å². The summed E-state index contributed by atoms with van der Waals surface area (Å²) in [6.07, 6.45) is -3.07. The van der Waals surface area contributed by atoms with Gasteiger partial charge in [0.05, 0.1) is 36.1 Å². The maximum absolute atomic E-state index is 14.1. The third-order valence-electron chi connectivity index (χ3n) is 5.72. The van der Waals surface area contributed by atoms with E-state index in [0.29, 0.717) is 23.7 Å². The first-order valence-corrected chi connectivity index (χ1v) is 11.0. The molecule has 35 heavy (non-hydrogen) atoms. The molecule has 0 bridgehead atoms. The molecule has 2 aromatic rings. The van der Waals surface area contributed by atoms with Crippen LogP contribution in [0.25, 0.3) is 0 Å².